The first-order valence-corrected chi connectivity index (χ1v) is 21.2. The lowest BCUT2D eigenvalue weighted by atomic mass is 9.95. The average Bonchev–Trinajstić information content (AvgIpc) is 3.23. The molecule has 3 aromatic rings. The Morgan fingerprint density at radius 1 is 0.806 bits per heavy atom. The Hall–Kier alpha value is -6.36. The van der Waals surface area contributed by atoms with Crippen molar-refractivity contribution < 1.29 is 97.0 Å². The van der Waals surface area contributed by atoms with E-state index in [1.165, 1.54) is 54.7 Å². The Balaban J connectivity index is 0.000000485. The third-order valence-electron chi connectivity index (χ3n) is 9.82. The van der Waals surface area contributed by atoms with Gasteiger partial charge in [0.15, 0.2) is 29.1 Å². The topological polar surface area (TPSA) is 314 Å². The summed E-state index contributed by atoms with van der Waals surface area (Å²) < 4.78 is 48.9. The summed E-state index contributed by atoms with van der Waals surface area (Å²) in [6, 6.07) is 3.52. The zero-order valence-corrected chi connectivity index (χ0v) is 39.4. The molecule has 0 aliphatic carbocycles. The van der Waals surface area contributed by atoms with Crippen molar-refractivity contribution in [2.75, 3.05) is 27.4 Å². The molecule has 2 heterocycles. The summed E-state index contributed by atoms with van der Waals surface area (Å²) in [5, 5.41) is 60.4. The molecule has 6 N–H and O–H groups in total. The number of hydrogen-bond acceptors (Lipinski definition) is 22. The SMILES string of the molecule is CC(=O)OCC(C)C(OC(C)=O)C(CC(C)N(C)O)OC(C)=O.CCCC.COC1CC(COC(C)=O)OC(Oc2c(-c3cc(O)c(O)c(O)c3)oc3cc(O)cc(O)c3c2=O)[C@@H]1OC(C)=O. The molecule has 1 aliphatic heterocycles. The molecule has 0 saturated carbocycles. The molecule has 22 nitrogen and oxygen atoms in total. The summed E-state index contributed by atoms with van der Waals surface area (Å²) in [6.07, 6.45) is -3.03. The van der Waals surface area contributed by atoms with Crippen molar-refractivity contribution >= 4 is 40.8 Å². The first kappa shape index (κ1) is 56.8. The van der Waals surface area contributed by atoms with Crippen LogP contribution in [0.4, 0.5) is 0 Å². The van der Waals surface area contributed by atoms with E-state index in [-0.39, 0.29) is 49.2 Å². The average molecular weight is 954 g/mol. The van der Waals surface area contributed by atoms with E-state index < -0.39 is 118 Å². The standard InChI is InChI=1S/C26H26O14.C15H27NO7.C4H10/c1-10(27)36-9-14-8-19(35-3)24(37-11(2)28)26(38-14)40-25-22(34)20-15(30)6-13(29)7-18(20)39-23(25)12-4-16(31)21(33)17(32)5-12;1-9(8-21-11(3)17)15(23-13(5)19)14(22-12(4)18)7-10(2)16(6)20;1-3-4-2/h4-7,14,19,24,26,29-33H,8-9H2,1-3H3;9-10,14-15,20H,7-8H2,1-6H3;3-4H2,1-2H3/t14?,19?,24-,26?;;/m1../s1. The summed E-state index contributed by atoms with van der Waals surface area (Å²) in [5.41, 5.74) is -1.42. The van der Waals surface area contributed by atoms with E-state index in [4.69, 9.17) is 42.3 Å². The highest BCUT2D eigenvalue weighted by Crippen LogP contribution is 2.43. The maximum atomic E-state index is 13.7. The van der Waals surface area contributed by atoms with Crippen molar-refractivity contribution in [2.24, 2.45) is 5.92 Å². The van der Waals surface area contributed by atoms with Crippen LogP contribution in [0.2, 0.25) is 0 Å². The zero-order chi connectivity index (χ0) is 50.9. The highest BCUT2D eigenvalue weighted by Gasteiger charge is 2.44. The van der Waals surface area contributed by atoms with Crippen LogP contribution < -0.4 is 10.2 Å². The highest BCUT2D eigenvalue weighted by molar-refractivity contribution is 5.88. The number of fused-ring (bicyclic) bond motifs is 1. The maximum absolute atomic E-state index is 13.7. The van der Waals surface area contributed by atoms with Gasteiger partial charge in [0.05, 0.1) is 12.7 Å². The van der Waals surface area contributed by atoms with Gasteiger partial charge in [0.25, 0.3) is 0 Å². The van der Waals surface area contributed by atoms with Gasteiger partial charge in [0.2, 0.25) is 17.5 Å². The first-order valence-electron chi connectivity index (χ1n) is 21.2. The second kappa shape index (κ2) is 26.7. The molecule has 1 saturated heterocycles. The van der Waals surface area contributed by atoms with E-state index in [2.05, 4.69) is 13.8 Å². The molecule has 0 bridgehead atoms. The number of benzene rings is 2. The van der Waals surface area contributed by atoms with Crippen LogP contribution in [0.3, 0.4) is 0 Å². The van der Waals surface area contributed by atoms with Crippen molar-refractivity contribution in [3.05, 3.63) is 34.5 Å². The van der Waals surface area contributed by atoms with E-state index in [0.29, 0.717) is 0 Å². The van der Waals surface area contributed by atoms with Crippen LogP contribution in [-0.4, -0.2) is 136 Å². The number of phenols is 5. The van der Waals surface area contributed by atoms with Gasteiger partial charge in [-0.2, -0.15) is 5.06 Å². The van der Waals surface area contributed by atoms with E-state index >= 15 is 0 Å². The van der Waals surface area contributed by atoms with Gasteiger partial charge >= 0.3 is 29.8 Å². The quantitative estimate of drug-likeness (QED) is 0.0451. The molecule has 1 aliphatic rings. The van der Waals surface area contributed by atoms with E-state index in [9.17, 15) is 59.5 Å². The van der Waals surface area contributed by atoms with Gasteiger partial charge in [-0.1, -0.05) is 33.6 Å². The third-order valence-corrected chi connectivity index (χ3v) is 9.82. The number of phenolic OH excluding ortho intramolecular Hbond substituents is 5. The number of methoxy groups -OCH3 is 1. The van der Waals surface area contributed by atoms with Gasteiger partial charge in [-0.05, 0) is 19.1 Å². The van der Waals surface area contributed by atoms with Gasteiger partial charge < -0.3 is 73.1 Å². The summed E-state index contributed by atoms with van der Waals surface area (Å²) in [6.45, 7) is 13.7. The van der Waals surface area contributed by atoms with Crippen molar-refractivity contribution in [3.8, 4) is 45.8 Å². The number of hydrogen-bond donors (Lipinski definition) is 6. The molecular formula is C45H63NO21. The number of rotatable bonds is 17. The third kappa shape index (κ3) is 17.4. The number of esters is 5. The number of unbranched alkanes of at least 4 members (excludes halogenated alkanes) is 1. The number of nitrogens with zero attached hydrogens (tertiary/aromatic N) is 1. The lowest BCUT2D eigenvalue weighted by Gasteiger charge is -2.39. The molecule has 8 atom stereocenters. The minimum Gasteiger partial charge on any atom is -0.508 e. The van der Waals surface area contributed by atoms with Gasteiger partial charge in [-0.3, -0.25) is 28.8 Å². The Kier molecular flexibility index (Phi) is 22.6. The lowest BCUT2D eigenvalue weighted by molar-refractivity contribution is -0.254. The van der Waals surface area contributed by atoms with Gasteiger partial charge in [-0.15, -0.1) is 0 Å². The van der Waals surface area contributed by atoms with Gasteiger partial charge in [-0.25, -0.2) is 0 Å². The van der Waals surface area contributed by atoms with Crippen molar-refractivity contribution in [1.82, 2.24) is 5.06 Å². The van der Waals surface area contributed by atoms with Crippen molar-refractivity contribution in [1.29, 1.82) is 0 Å². The van der Waals surface area contributed by atoms with Crippen molar-refractivity contribution in [2.45, 2.75) is 131 Å². The molecule has 1 aromatic heterocycles. The zero-order valence-electron chi connectivity index (χ0n) is 39.4. The summed E-state index contributed by atoms with van der Waals surface area (Å²) >= 11 is 0. The number of carbonyl (C=O) groups is 5. The van der Waals surface area contributed by atoms with E-state index in [1.54, 1.807) is 13.8 Å². The van der Waals surface area contributed by atoms with Crippen LogP contribution in [0.1, 0.15) is 88.0 Å². The van der Waals surface area contributed by atoms with Crippen LogP contribution in [0.25, 0.3) is 22.3 Å². The van der Waals surface area contributed by atoms with Crippen LogP contribution in [-0.2, 0) is 57.1 Å². The first-order chi connectivity index (χ1) is 31.3. The second-order valence-corrected chi connectivity index (χ2v) is 15.6. The fourth-order valence-corrected chi connectivity index (χ4v) is 6.32. The summed E-state index contributed by atoms with van der Waals surface area (Å²) in [5.74, 6) is -7.73. The van der Waals surface area contributed by atoms with Crippen LogP contribution in [0.5, 0.6) is 34.5 Å². The largest absolute Gasteiger partial charge is 0.508 e. The molecule has 0 radical (unpaired) electrons. The molecule has 4 rings (SSSR count). The lowest BCUT2D eigenvalue weighted by Crippen LogP contribution is -2.54. The molecule has 67 heavy (non-hydrogen) atoms. The smallest absolute Gasteiger partial charge is 0.303 e. The van der Waals surface area contributed by atoms with E-state index in [1.807, 2.05) is 0 Å². The molecule has 374 valence electrons. The highest BCUT2D eigenvalue weighted by atomic mass is 16.7. The normalized spacial score (nSPS) is 18.3. The molecule has 0 amide bonds. The Labute approximate surface area is 386 Å². The fourth-order valence-electron chi connectivity index (χ4n) is 6.32. The van der Waals surface area contributed by atoms with Gasteiger partial charge in [0, 0.05) is 91.3 Å². The summed E-state index contributed by atoms with van der Waals surface area (Å²) in [7, 11) is 2.81. The Morgan fingerprint density at radius 3 is 1.88 bits per heavy atom. The fraction of sp³-hybridized carbons (Fsp3) is 0.556. The Morgan fingerprint density at radius 2 is 1.39 bits per heavy atom. The van der Waals surface area contributed by atoms with Crippen LogP contribution in [0, 0.1) is 5.92 Å². The van der Waals surface area contributed by atoms with E-state index in [0.717, 1.165) is 36.3 Å². The molecule has 1 fully saturated rings. The Bertz CT molecular complexity index is 2180. The predicted octanol–water partition coefficient (Wildman–Crippen LogP) is 4.95. The molecule has 0 spiro atoms. The maximum Gasteiger partial charge on any atom is 0.303 e. The summed E-state index contributed by atoms with van der Waals surface area (Å²) in [4.78, 5) is 70.6. The molecule has 22 heteroatoms. The second-order valence-electron chi connectivity index (χ2n) is 15.6. The number of ether oxygens (including phenoxy) is 8. The molecule has 2 aromatic carbocycles. The van der Waals surface area contributed by atoms with Crippen LogP contribution in [0.15, 0.2) is 33.5 Å². The minimum atomic E-state index is -1.55. The minimum absolute atomic E-state index is 0.0222. The molecule has 7 unspecified atom stereocenters. The number of hydroxylamine groups is 2. The van der Waals surface area contributed by atoms with Crippen LogP contribution >= 0.6 is 0 Å². The predicted molar refractivity (Wildman–Crippen MR) is 234 cm³/mol. The number of carbonyl (C=O) groups excluding carboxylic acids is 5. The van der Waals surface area contributed by atoms with Gasteiger partial charge in [0.1, 0.15) is 47.4 Å². The monoisotopic (exact) mass is 953 g/mol. The number of aromatic hydroxyl groups is 5. The molecular weight excluding hydrogens is 890 g/mol. The van der Waals surface area contributed by atoms with Crippen molar-refractivity contribution in [3.63, 3.8) is 0 Å².